The number of nitrogens with zero attached hydrogens (tertiary/aromatic N) is 3. The Morgan fingerprint density at radius 2 is 1.60 bits per heavy atom. The number of carbonyl (C=O) groups excluding carboxylic acids is 3. The summed E-state index contributed by atoms with van der Waals surface area (Å²) in [5.41, 5.74) is 4.23. The topological polar surface area (TPSA) is 70.2 Å². The third-order valence-electron chi connectivity index (χ3n) is 8.07. The molecule has 0 aromatic heterocycles. The van der Waals surface area contributed by atoms with E-state index in [0.29, 0.717) is 30.6 Å². The van der Waals surface area contributed by atoms with Crippen LogP contribution in [0, 0.1) is 0 Å². The summed E-state index contributed by atoms with van der Waals surface area (Å²) in [5.74, 6) is 0.778. The van der Waals surface area contributed by atoms with E-state index < -0.39 is 0 Å². The van der Waals surface area contributed by atoms with Gasteiger partial charge in [-0.3, -0.25) is 14.4 Å². The first-order valence-corrected chi connectivity index (χ1v) is 14.1. The maximum absolute atomic E-state index is 13.7. The summed E-state index contributed by atoms with van der Waals surface area (Å²) in [4.78, 5) is 44.9. The van der Waals surface area contributed by atoms with Gasteiger partial charge in [-0.25, -0.2) is 0 Å². The van der Waals surface area contributed by atoms with Crippen molar-refractivity contribution >= 4 is 29.1 Å². The third kappa shape index (κ3) is 5.60. The van der Waals surface area contributed by atoms with Crippen LogP contribution in [-0.2, 0) is 16.0 Å². The Hall–Kier alpha value is -4.13. The van der Waals surface area contributed by atoms with Crippen LogP contribution < -0.4 is 14.5 Å². The minimum atomic E-state index is -0.216. The maximum Gasteiger partial charge on any atom is 0.258 e. The van der Waals surface area contributed by atoms with Crippen LogP contribution in [0.25, 0.3) is 0 Å². The molecule has 3 aromatic rings. The van der Waals surface area contributed by atoms with Gasteiger partial charge in [-0.15, -0.1) is 0 Å². The van der Waals surface area contributed by atoms with E-state index in [9.17, 15) is 14.4 Å². The summed E-state index contributed by atoms with van der Waals surface area (Å²) in [5, 5.41) is 0. The fourth-order valence-corrected chi connectivity index (χ4v) is 5.99. The van der Waals surface area contributed by atoms with Gasteiger partial charge in [0.05, 0.1) is 13.2 Å². The maximum atomic E-state index is 13.7. The smallest absolute Gasteiger partial charge is 0.258 e. The molecule has 2 aliphatic heterocycles. The predicted octanol–water partition coefficient (Wildman–Crippen LogP) is 5.78. The Kier molecular flexibility index (Phi) is 8.19. The third-order valence-corrected chi connectivity index (χ3v) is 8.07. The first kappa shape index (κ1) is 27.4. The van der Waals surface area contributed by atoms with Gasteiger partial charge >= 0.3 is 0 Å². The van der Waals surface area contributed by atoms with Crippen LogP contribution in [0.3, 0.4) is 0 Å². The molecule has 0 unspecified atom stereocenters. The Balaban J connectivity index is 1.38. The number of hydrogen-bond donors (Lipinski definition) is 0. The predicted molar refractivity (Wildman–Crippen MR) is 157 cm³/mol. The number of hydrogen-bond acceptors (Lipinski definition) is 4. The van der Waals surface area contributed by atoms with Crippen molar-refractivity contribution in [1.82, 2.24) is 4.90 Å². The number of methoxy groups -OCH3 is 1. The molecule has 3 amide bonds. The molecule has 3 aromatic carbocycles. The van der Waals surface area contributed by atoms with E-state index in [1.54, 1.807) is 38.3 Å². The van der Waals surface area contributed by atoms with Gasteiger partial charge in [-0.05, 0) is 86.2 Å². The molecule has 0 bridgehead atoms. The van der Waals surface area contributed by atoms with E-state index in [4.69, 9.17) is 4.74 Å². The van der Waals surface area contributed by atoms with Crippen LogP contribution in [0.2, 0.25) is 0 Å². The van der Waals surface area contributed by atoms with E-state index in [1.165, 1.54) is 0 Å². The van der Waals surface area contributed by atoms with Crippen molar-refractivity contribution in [3.05, 3.63) is 89.5 Å². The second kappa shape index (κ2) is 11.9. The minimum Gasteiger partial charge on any atom is -0.497 e. The summed E-state index contributed by atoms with van der Waals surface area (Å²) >= 11 is 0. The number of fused-ring (bicyclic) bond motifs is 1. The molecule has 0 radical (unpaired) electrons. The largest absolute Gasteiger partial charge is 0.497 e. The fourth-order valence-electron chi connectivity index (χ4n) is 5.99. The number of benzene rings is 3. The normalized spacial score (nSPS) is 18.3. The number of likely N-dealkylation sites (tertiary alicyclic amines) is 1. The average molecular weight is 540 g/mol. The highest BCUT2D eigenvalue weighted by atomic mass is 16.5. The van der Waals surface area contributed by atoms with Crippen LogP contribution >= 0.6 is 0 Å². The molecule has 2 heterocycles. The van der Waals surface area contributed by atoms with E-state index in [0.717, 1.165) is 48.4 Å². The summed E-state index contributed by atoms with van der Waals surface area (Å²) in [6.07, 6.45) is 3.97. The first-order valence-electron chi connectivity index (χ1n) is 14.1. The highest BCUT2D eigenvalue weighted by molar-refractivity contribution is 6.07. The van der Waals surface area contributed by atoms with Gasteiger partial charge < -0.3 is 19.4 Å². The Morgan fingerprint density at radius 1 is 0.925 bits per heavy atom. The molecule has 0 N–H and O–H groups in total. The van der Waals surface area contributed by atoms with Crippen molar-refractivity contribution in [2.24, 2.45) is 0 Å². The Labute approximate surface area is 236 Å². The average Bonchev–Trinajstić information content (AvgIpc) is 3.52. The lowest BCUT2D eigenvalue weighted by Gasteiger charge is -2.43. The van der Waals surface area contributed by atoms with Crippen LogP contribution in [0.15, 0.2) is 72.8 Å². The summed E-state index contributed by atoms with van der Waals surface area (Å²) in [6.45, 7) is 5.36. The Bertz CT molecular complexity index is 1360. The van der Waals surface area contributed by atoms with Gasteiger partial charge in [0, 0.05) is 49.4 Å². The van der Waals surface area contributed by atoms with Crippen LogP contribution in [0.5, 0.6) is 5.75 Å². The first-order chi connectivity index (χ1) is 19.4. The number of para-hydroxylation sites is 1. The van der Waals surface area contributed by atoms with E-state index >= 15 is 0 Å². The van der Waals surface area contributed by atoms with Crippen molar-refractivity contribution in [2.75, 3.05) is 30.0 Å². The number of rotatable bonds is 7. The summed E-state index contributed by atoms with van der Waals surface area (Å²) in [7, 11) is 1.60. The number of carbonyl (C=O) groups is 3. The molecule has 1 saturated heterocycles. The quantitative estimate of drug-likeness (QED) is 0.382. The lowest BCUT2D eigenvalue weighted by molar-refractivity contribution is -0.130. The van der Waals surface area contributed by atoms with Gasteiger partial charge in [0.25, 0.3) is 5.91 Å². The molecular weight excluding hydrogens is 502 g/mol. The molecule has 2 atom stereocenters. The van der Waals surface area contributed by atoms with E-state index in [1.807, 2.05) is 70.2 Å². The Morgan fingerprint density at radius 3 is 2.25 bits per heavy atom. The van der Waals surface area contributed by atoms with Crippen LogP contribution in [0.1, 0.15) is 67.1 Å². The lowest BCUT2D eigenvalue weighted by Crippen LogP contribution is -2.47. The van der Waals surface area contributed by atoms with Crippen LogP contribution in [0.4, 0.5) is 11.4 Å². The van der Waals surface area contributed by atoms with Crippen molar-refractivity contribution in [3.8, 4) is 5.75 Å². The van der Waals surface area contributed by atoms with E-state index in [2.05, 4.69) is 0 Å². The van der Waals surface area contributed by atoms with Crippen molar-refractivity contribution in [2.45, 2.75) is 58.0 Å². The van der Waals surface area contributed by atoms with E-state index in [-0.39, 0.29) is 29.8 Å². The fraction of sp³-hybridized carbons (Fsp3) is 0.364. The van der Waals surface area contributed by atoms with Gasteiger partial charge in [0.2, 0.25) is 11.8 Å². The zero-order chi connectivity index (χ0) is 28.2. The molecule has 5 rings (SSSR count). The monoisotopic (exact) mass is 539 g/mol. The molecule has 1 fully saturated rings. The molecule has 40 heavy (non-hydrogen) atoms. The molecule has 7 nitrogen and oxygen atoms in total. The van der Waals surface area contributed by atoms with Gasteiger partial charge in [-0.1, -0.05) is 30.3 Å². The SMILES string of the molecule is COc1ccc(C(=O)N2c3ccccc3[C@H](N(C(C)=O)c3ccc(CCC(=O)N4CCCC4)cc3)C[C@@H]2C)cc1. The molecular formula is C33H37N3O4. The zero-order valence-corrected chi connectivity index (χ0v) is 23.5. The molecule has 2 aliphatic rings. The van der Waals surface area contributed by atoms with Crippen molar-refractivity contribution in [3.63, 3.8) is 0 Å². The molecule has 0 spiro atoms. The number of anilines is 2. The molecule has 7 heteroatoms. The van der Waals surface area contributed by atoms with Gasteiger partial charge in [-0.2, -0.15) is 0 Å². The van der Waals surface area contributed by atoms with Crippen molar-refractivity contribution < 1.29 is 19.1 Å². The van der Waals surface area contributed by atoms with Crippen LogP contribution in [-0.4, -0.2) is 48.9 Å². The van der Waals surface area contributed by atoms with Gasteiger partial charge in [0.1, 0.15) is 5.75 Å². The standard InChI is InChI=1S/C33H37N3O4/c1-23-22-31(29-8-4-5-9-30(29)35(23)33(39)26-13-17-28(40-3)18-14-26)36(24(2)37)27-15-10-25(11-16-27)12-19-32(38)34-20-6-7-21-34/h4-5,8-11,13-18,23,31H,6-7,12,19-22H2,1-3H3/t23-,31+/m0/s1. The molecule has 208 valence electrons. The summed E-state index contributed by atoms with van der Waals surface area (Å²) in [6, 6.07) is 22.6. The highest BCUT2D eigenvalue weighted by Gasteiger charge is 2.38. The summed E-state index contributed by atoms with van der Waals surface area (Å²) < 4.78 is 5.25. The molecule has 0 saturated carbocycles. The highest BCUT2D eigenvalue weighted by Crippen LogP contribution is 2.42. The second-order valence-electron chi connectivity index (χ2n) is 10.7. The number of aryl methyl sites for hydroxylation is 1. The number of amides is 3. The van der Waals surface area contributed by atoms with Crippen molar-refractivity contribution in [1.29, 1.82) is 0 Å². The van der Waals surface area contributed by atoms with Gasteiger partial charge in [0.15, 0.2) is 0 Å². The zero-order valence-electron chi connectivity index (χ0n) is 23.5. The lowest BCUT2D eigenvalue weighted by atomic mass is 9.89. The second-order valence-corrected chi connectivity index (χ2v) is 10.7. The number of ether oxygens (including phenoxy) is 1. The minimum absolute atomic E-state index is 0.0566. The molecule has 0 aliphatic carbocycles.